The van der Waals surface area contributed by atoms with Gasteiger partial charge < -0.3 is 6.92 Å². The molecule has 1 heteroatoms. The Morgan fingerprint density at radius 1 is 0.821 bits per heavy atom. The van der Waals surface area contributed by atoms with Gasteiger partial charge in [0, 0.05) is 0 Å². The number of hydrogen-bond acceptors (Lipinski definition) is 0. The molecule has 10 radical (unpaired) electrons. The third-order valence-electron chi connectivity index (χ3n) is 3.79. The van der Waals surface area contributed by atoms with E-state index in [-0.39, 0.29) is 26.2 Å². The van der Waals surface area contributed by atoms with Gasteiger partial charge in [0.15, 0.2) is 0 Å². The predicted molar refractivity (Wildman–Crippen MR) is 119 cm³/mol. The fourth-order valence-electron chi connectivity index (χ4n) is 2.26. The molecular formula is C27H32Zr+2. The molecule has 0 saturated heterocycles. The first-order valence-electron chi connectivity index (χ1n) is 9.82. The van der Waals surface area contributed by atoms with Crippen molar-refractivity contribution in [2.45, 2.75) is 39.0 Å². The monoisotopic (exact) mass is 446 g/mol. The van der Waals surface area contributed by atoms with Gasteiger partial charge in [0.05, 0.1) is 0 Å². The summed E-state index contributed by atoms with van der Waals surface area (Å²) in [5, 5.41) is 0. The zero-order valence-corrected chi connectivity index (χ0v) is 19.5. The van der Waals surface area contributed by atoms with Gasteiger partial charge in [-0.05, 0) is 69.8 Å². The van der Waals surface area contributed by atoms with Gasteiger partial charge in [-0.2, -0.15) is 6.42 Å². The third-order valence-corrected chi connectivity index (χ3v) is 3.79. The Bertz CT molecular complexity index is 453. The van der Waals surface area contributed by atoms with Crippen LogP contribution in [0.5, 0.6) is 0 Å². The minimum Gasteiger partial charge on any atom is -0.342 e. The van der Waals surface area contributed by atoms with Gasteiger partial charge in [0.2, 0.25) is 0 Å². The van der Waals surface area contributed by atoms with Crippen molar-refractivity contribution in [3.63, 3.8) is 0 Å². The molecule has 0 aromatic heterocycles. The number of allylic oxidation sites excluding steroid dienone is 3. The van der Waals surface area contributed by atoms with Gasteiger partial charge in [-0.3, -0.25) is 11.6 Å². The number of benzene rings is 1. The molecule has 3 rings (SSSR count). The largest absolute Gasteiger partial charge is 4.00 e. The predicted octanol–water partition coefficient (Wildman–Crippen LogP) is 7.27. The summed E-state index contributed by atoms with van der Waals surface area (Å²) in [6.07, 6.45) is 33.4. The molecule has 1 aromatic carbocycles. The van der Waals surface area contributed by atoms with E-state index in [1.165, 1.54) is 30.4 Å². The zero-order valence-electron chi connectivity index (χ0n) is 17.1. The molecule has 2 saturated carbocycles. The van der Waals surface area contributed by atoms with E-state index in [4.69, 9.17) is 0 Å². The Kier molecular flexibility index (Phi) is 21.0. The van der Waals surface area contributed by atoms with Gasteiger partial charge in [-0.15, -0.1) is 12.5 Å². The molecule has 0 nitrogen and oxygen atoms in total. The van der Waals surface area contributed by atoms with Crippen LogP contribution >= 0.6 is 0 Å². The van der Waals surface area contributed by atoms with E-state index in [9.17, 15) is 0 Å². The number of hydrogen-bond donors (Lipinski definition) is 0. The molecule has 0 heterocycles. The topological polar surface area (TPSA) is 0 Å². The molecule has 1 aromatic rings. The average Bonchev–Trinajstić information content (AvgIpc) is 3.47. The summed E-state index contributed by atoms with van der Waals surface area (Å²) >= 11 is 0. The van der Waals surface area contributed by atoms with E-state index in [2.05, 4.69) is 56.3 Å². The molecule has 2 fully saturated rings. The van der Waals surface area contributed by atoms with Gasteiger partial charge in [-0.25, -0.2) is 6.08 Å². The molecule has 0 bridgehead atoms. The van der Waals surface area contributed by atoms with E-state index < -0.39 is 0 Å². The summed E-state index contributed by atoms with van der Waals surface area (Å²) in [6, 6.07) is 10.4. The van der Waals surface area contributed by atoms with Crippen molar-refractivity contribution < 1.29 is 26.2 Å². The van der Waals surface area contributed by atoms with Crippen molar-refractivity contribution >= 4 is 6.08 Å². The second-order valence-electron chi connectivity index (χ2n) is 6.08. The van der Waals surface area contributed by atoms with Crippen molar-refractivity contribution in [1.82, 2.24) is 0 Å². The quantitative estimate of drug-likeness (QED) is 0.234. The molecule has 0 N–H and O–H groups in total. The molecule has 0 atom stereocenters. The zero-order chi connectivity index (χ0) is 19.4. The van der Waals surface area contributed by atoms with Crippen LogP contribution in [0.4, 0.5) is 0 Å². The Morgan fingerprint density at radius 3 is 1.75 bits per heavy atom. The summed E-state index contributed by atoms with van der Waals surface area (Å²) in [5.41, 5.74) is 2.44. The SMILES string of the molecule is [CH2-]CC(=[C-]CCCCC)/C=C/c1ccccc1.[CH]1[CH][CH][CH][CH]1.[CH]1[CH][CH][CH][CH]1.[Zr+4]. The summed E-state index contributed by atoms with van der Waals surface area (Å²) in [4.78, 5) is 0. The van der Waals surface area contributed by atoms with Crippen molar-refractivity contribution in [3.05, 3.63) is 125 Å². The Balaban J connectivity index is 0.000000535. The minimum atomic E-state index is 0. The molecule has 28 heavy (non-hydrogen) atoms. The van der Waals surface area contributed by atoms with E-state index in [1.807, 2.05) is 70.3 Å². The van der Waals surface area contributed by atoms with E-state index in [0.29, 0.717) is 0 Å². The van der Waals surface area contributed by atoms with Crippen LogP contribution in [0.15, 0.2) is 42.0 Å². The molecule has 0 spiro atoms. The molecule has 0 aliphatic heterocycles. The maximum Gasteiger partial charge on any atom is 4.00 e. The second-order valence-corrected chi connectivity index (χ2v) is 6.08. The molecule has 142 valence electrons. The maximum absolute atomic E-state index is 3.95. The Hall–Kier alpha value is -0.417. The Labute approximate surface area is 195 Å². The molecule has 2 aliphatic carbocycles. The van der Waals surface area contributed by atoms with Gasteiger partial charge in [0.25, 0.3) is 0 Å². The van der Waals surface area contributed by atoms with Gasteiger partial charge in [0.1, 0.15) is 0 Å². The fourth-order valence-corrected chi connectivity index (χ4v) is 2.26. The van der Waals surface area contributed by atoms with Crippen molar-refractivity contribution in [2.24, 2.45) is 0 Å². The first kappa shape index (κ1) is 27.6. The maximum atomic E-state index is 3.95. The van der Waals surface area contributed by atoms with Crippen LogP contribution < -0.4 is 0 Å². The molecular weight excluding hydrogens is 416 g/mol. The smallest absolute Gasteiger partial charge is 0.342 e. The van der Waals surface area contributed by atoms with Crippen molar-refractivity contribution in [1.29, 1.82) is 0 Å². The summed E-state index contributed by atoms with van der Waals surface area (Å²) < 4.78 is 0. The van der Waals surface area contributed by atoms with E-state index in [0.717, 1.165) is 12.8 Å². The van der Waals surface area contributed by atoms with Crippen LogP contribution in [-0.2, 0) is 26.2 Å². The first-order valence-corrected chi connectivity index (χ1v) is 9.82. The second kappa shape index (κ2) is 21.3. The van der Waals surface area contributed by atoms with Gasteiger partial charge in [-0.1, -0.05) is 56.5 Å². The van der Waals surface area contributed by atoms with Crippen LogP contribution in [0.2, 0.25) is 0 Å². The molecule has 0 amide bonds. The summed E-state index contributed by atoms with van der Waals surface area (Å²) in [7, 11) is 0. The van der Waals surface area contributed by atoms with Crippen molar-refractivity contribution in [2.75, 3.05) is 0 Å². The average molecular weight is 448 g/mol. The van der Waals surface area contributed by atoms with Crippen LogP contribution in [0.3, 0.4) is 0 Å². The standard InChI is InChI=1S/C17H22.2C5H5.Zr/c1-3-5-6-8-11-16(4-2)14-15-17-12-9-7-10-13-17;2*1-2-4-5-3-1;/h7,9-10,12-15H,2-6,8H2,1H3;2*1-5H;/q-2;;;+4/b15-14+;;;. The molecule has 0 unspecified atom stereocenters. The minimum absolute atomic E-state index is 0. The van der Waals surface area contributed by atoms with Gasteiger partial charge >= 0.3 is 26.2 Å². The number of unbranched alkanes of at least 4 members (excludes halogenated alkanes) is 3. The Morgan fingerprint density at radius 2 is 1.32 bits per heavy atom. The van der Waals surface area contributed by atoms with Crippen LogP contribution in [0, 0.1) is 77.2 Å². The third kappa shape index (κ3) is 16.5. The molecule has 2 aliphatic rings. The van der Waals surface area contributed by atoms with Crippen LogP contribution in [0.25, 0.3) is 6.08 Å². The summed E-state index contributed by atoms with van der Waals surface area (Å²) in [5.74, 6) is 0. The van der Waals surface area contributed by atoms with Crippen LogP contribution in [-0.4, -0.2) is 0 Å². The summed E-state index contributed by atoms with van der Waals surface area (Å²) in [6.45, 7) is 6.17. The van der Waals surface area contributed by atoms with Crippen molar-refractivity contribution in [3.8, 4) is 0 Å². The normalized spacial score (nSPS) is 16.0. The number of rotatable bonds is 7. The fraction of sp³-hybridized carbons (Fsp3) is 0.222. The van der Waals surface area contributed by atoms with Crippen LogP contribution in [0.1, 0.15) is 44.6 Å². The van der Waals surface area contributed by atoms with E-state index in [1.54, 1.807) is 0 Å². The first-order chi connectivity index (χ1) is 13.4. The van der Waals surface area contributed by atoms with E-state index >= 15 is 0 Å².